The highest BCUT2D eigenvalue weighted by Gasteiger charge is 2.27. The first kappa shape index (κ1) is 13.8. The molecule has 2 aromatic heterocycles. The van der Waals surface area contributed by atoms with Gasteiger partial charge in [0.05, 0.1) is 29.7 Å². The van der Waals surface area contributed by atoms with Crippen LogP contribution < -0.4 is 0 Å². The summed E-state index contributed by atoms with van der Waals surface area (Å²) in [6.45, 7) is 1.47. The molecule has 0 N–H and O–H groups in total. The quantitative estimate of drug-likeness (QED) is 0.699. The van der Waals surface area contributed by atoms with Crippen LogP contribution in [0.5, 0.6) is 0 Å². The summed E-state index contributed by atoms with van der Waals surface area (Å²) in [6.07, 6.45) is 7.71. The van der Waals surface area contributed by atoms with Gasteiger partial charge in [-0.05, 0) is 36.8 Å². The van der Waals surface area contributed by atoms with E-state index >= 15 is 0 Å². The molecule has 5 nitrogen and oxygen atoms in total. The van der Waals surface area contributed by atoms with Gasteiger partial charge in [-0.15, -0.1) is 0 Å². The zero-order chi connectivity index (χ0) is 15.6. The largest absolute Gasteiger partial charge is 0.465 e. The third-order valence-electron chi connectivity index (χ3n) is 4.28. The highest BCUT2D eigenvalue weighted by Crippen LogP contribution is 2.26. The van der Waals surface area contributed by atoms with Crippen LogP contribution in [0.2, 0.25) is 0 Å². The van der Waals surface area contributed by atoms with Crippen molar-refractivity contribution < 1.29 is 9.21 Å². The van der Waals surface area contributed by atoms with Gasteiger partial charge >= 0.3 is 0 Å². The first-order valence-corrected chi connectivity index (χ1v) is 7.73. The summed E-state index contributed by atoms with van der Waals surface area (Å²) in [5, 5.41) is 0. The molecule has 116 valence electrons. The maximum Gasteiger partial charge on any atom is 0.246 e. The predicted molar refractivity (Wildman–Crippen MR) is 87.7 cm³/mol. The Morgan fingerprint density at radius 3 is 3.04 bits per heavy atom. The van der Waals surface area contributed by atoms with Crippen molar-refractivity contribution in [3.05, 3.63) is 60.8 Å². The molecule has 23 heavy (non-hydrogen) atoms. The van der Waals surface area contributed by atoms with E-state index in [-0.39, 0.29) is 11.9 Å². The monoisotopic (exact) mass is 307 g/mol. The molecule has 3 aromatic rings. The van der Waals surface area contributed by atoms with Gasteiger partial charge in [-0.25, -0.2) is 4.98 Å². The lowest BCUT2D eigenvalue weighted by Gasteiger charge is -2.15. The second-order valence-electron chi connectivity index (χ2n) is 5.72. The van der Waals surface area contributed by atoms with Crippen LogP contribution in [-0.4, -0.2) is 33.4 Å². The highest BCUT2D eigenvalue weighted by atomic mass is 16.3. The molecule has 1 aromatic carbocycles. The number of amides is 1. The van der Waals surface area contributed by atoms with Crippen LogP contribution >= 0.6 is 0 Å². The van der Waals surface area contributed by atoms with Crippen LogP contribution in [0, 0.1) is 0 Å². The Balaban J connectivity index is 1.47. The van der Waals surface area contributed by atoms with Gasteiger partial charge in [0.1, 0.15) is 5.76 Å². The van der Waals surface area contributed by atoms with E-state index in [1.165, 1.54) is 0 Å². The van der Waals surface area contributed by atoms with Crippen molar-refractivity contribution in [2.24, 2.45) is 0 Å². The number of fused-ring (bicyclic) bond motifs is 1. The molecule has 1 amide bonds. The number of benzene rings is 1. The minimum Gasteiger partial charge on any atom is -0.465 e. The SMILES string of the molecule is O=C(/C=C/c1ccco1)N1CC[C@@H](n2cnc3ccccc32)C1. The van der Waals surface area contributed by atoms with Crippen LogP contribution in [0.3, 0.4) is 0 Å². The van der Waals surface area contributed by atoms with Crippen molar-refractivity contribution >= 4 is 23.0 Å². The Morgan fingerprint density at radius 2 is 2.17 bits per heavy atom. The lowest BCUT2D eigenvalue weighted by atomic mass is 10.2. The normalized spacial score (nSPS) is 18.3. The fraction of sp³-hybridized carbons (Fsp3) is 0.222. The smallest absolute Gasteiger partial charge is 0.246 e. The zero-order valence-electron chi connectivity index (χ0n) is 12.6. The minimum atomic E-state index is 0.0216. The summed E-state index contributed by atoms with van der Waals surface area (Å²) in [4.78, 5) is 18.6. The van der Waals surface area contributed by atoms with Crippen LogP contribution in [0.15, 0.2) is 59.5 Å². The minimum absolute atomic E-state index is 0.0216. The second kappa shape index (κ2) is 5.76. The standard InChI is InChI=1S/C18H17N3O2/c22-18(8-7-15-4-3-11-23-15)20-10-9-14(12-20)21-13-19-16-5-1-2-6-17(16)21/h1-8,11,13-14H,9-10,12H2/b8-7+/t14-/m1/s1. The molecule has 0 spiro atoms. The van der Waals surface area contributed by atoms with Crippen LogP contribution in [-0.2, 0) is 4.79 Å². The van der Waals surface area contributed by atoms with Crippen molar-refractivity contribution in [3.63, 3.8) is 0 Å². The van der Waals surface area contributed by atoms with E-state index in [1.807, 2.05) is 35.5 Å². The average molecular weight is 307 g/mol. The maximum atomic E-state index is 12.3. The van der Waals surface area contributed by atoms with E-state index in [0.717, 1.165) is 24.0 Å². The number of hydrogen-bond donors (Lipinski definition) is 0. The van der Waals surface area contributed by atoms with E-state index in [4.69, 9.17) is 4.42 Å². The van der Waals surface area contributed by atoms with Gasteiger partial charge in [-0.1, -0.05) is 12.1 Å². The van der Waals surface area contributed by atoms with Gasteiger partial charge in [-0.2, -0.15) is 0 Å². The van der Waals surface area contributed by atoms with Gasteiger partial charge < -0.3 is 13.9 Å². The van der Waals surface area contributed by atoms with E-state index in [9.17, 15) is 4.79 Å². The number of rotatable bonds is 3. The number of furan rings is 1. The van der Waals surface area contributed by atoms with Gasteiger partial charge in [0.25, 0.3) is 0 Å². The van der Waals surface area contributed by atoms with Gasteiger partial charge in [0.2, 0.25) is 5.91 Å². The second-order valence-corrected chi connectivity index (χ2v) is 5.72. The molecule has 1 saturated heterocycles. The molecule has 1 fully saturated rings. The fourth-order valence-corrected chi connectivity index (χ4v) is 3.08. The van der Waals surface area contributed by atoms with Crippen molar-refractivity contribution in [2.75, 3.05) is 13.1 Å². The molecule has 1 aliphatic rings. The van der Waals surface area contributed by atoms with E-state index < -0.39 is 0 Å². The zero-order valence-corrected chi connectivity index (χ0v) is 12.6. The molecule has 4 rings (SSSR count). The number of hydrogen-bond acceptors (Lipinski definition) is 3. The van der Waals surface area contributed by atoms with Gasteiger partial charge in [-0.3, -0.25) is 4.79 Å². The molecular formula is C18H17N3O2. The Morgan fingerprint density at radius 1 is 1.26 bits per heavy atom. The molecule has 1 atom stereocenters. The third-order valence-corrected chi connectivity index (χ3v) is 4.28. The summed E-state index contributed by atoms with van der Waals surface area (Å²) in [5.41, 5.74) is 2.12. The number of para-hydroxylation sites is 2. The van der Waals surface area contributed by atoms with Crippen molar-refractivity contribution in [1.29, 1.82) is 0 Å². The number of likely N-dealkylation sites (tertiary alicyclic amines) is 1. The third kappa shape index (κ3) is 2.65. The molecule has 0 radical (unpaired) electrons. The number of imidazole rings is 1. The highest BCUT2D eigenvalue weighted by molar-refractivity contribution is 5.91. The summed E-state index contributed by atoms with van der Waals surface area (Å²) in [7, 11) is 0. The summed E-state index contributed by atoms with van der Waals surface area (Å²) < 4.78 is 7.38. The van der Waals surface area contributed by atoms with Gasteiger partial charge in [0.15, 0.2) is 0 Å². The maximum absolute atomic E-state index is 12.3. The number of nitrogens with zero attached hydrogens (tertiary/aromatic N) is 3. The fourth-order valence-electron chi connectivity index (χ4n) is 3.08. The molecular weight excluding hydrogens is 290 g/mol. The Hall–Kier alpha value is -2.82. The Labute approximate surface area is 133 Å². The first-order chi connectivity index (χ1) is 11.3. The van der Waals surface area contributed by atoms with Crippen LogP contribution in [0.4, 0.5) is 0 Å². The molecule has 5 heteroatoms. The first-order valence-electron chi connectivity index (χ1n) is 7.73. The van der Waals surface area contributed by atoms with Crippen LogP contribution in [0.1, 0.15) is 18.2 Å². The topological polar surface area (TPSA) is 51.3 Å². The molecule has 0 unspecified atom stereocenters. The molecule has 3 heterocycles. The lowest BCUT2D eigenvalue weighted by Crippen LogP contribution is -2.27. The molecule has 0 bridgehead atoms. The van der Waals surface area contributed by atoms with Gasteiger partial charge in [0, 0.05) is 19.2 Å². The molecule has 1 aliphatic heterocycles. The Bertz CT molecular complexity index is 848. The van der Waals surface area contributed by atoms with E-state index in [1.54, 1.807) is 24.5 Å². The van der Waals surface area contributed by atoms with E-state index in [0.29, 0.717) is 12.3 Å². The molecule has 0 aliphatic carbocycles. The van der Waals surface area contributed by atoms with Crippen molar-refractivity contribution in [3.8, 4) is 0 Å². The predicted octanol–water partition coefficient (Wildman–Crippen LogP) is 3.12. The lowest BCUT2D eigenvalue weighted by molar-refractivity contribution is -0.125. The molecule has 0 saturated carbocycles. The summed E-state index contributed by atoms with van der Waals surface area (Å²) in [5.74, 6) is 0.711. The number of aromatic nitrogens is 2. The Kier molecular flexibility index (Phi) is 3.46. The van der Waals surface area contributed by atoms with Crippen LogP contribution in [0.25, 0.3) is 17.1 Å². The van der Waals surface area contributed by atoms with Crippen molar-refractivity contribution in [2.45, 2.75) is 12.5 Å². The summed E-state index contributed by atoms with van der Waals surface area (Å²) in [6, 6.07) is 12.0. The van der Waals surface area contributed by atoms with E-state index in [2.05, 4.69) is 15.6 Å². The number of carbonyl (C=O) groups is 1. The number of carbonyl (C=O) groups excluding carboxylic acids is 1. The van der Waals surface area contributed by atoms with Crippen molar-refractivity contribution in [1.82, 2.24) is 14.5 Å². The summed E-state index contributed by atoms with van der Waals surface area (Å²) >= 11 is 0. The average Bonchev–Trinajstić information content (AvgIpc) is 3.31.